The Kier molecular flexibility index (Phi) is 3.32. The van der Waals surface area contributed by atoms with Crippen molar-refractivity contribution in [3.63, 3.8) is 0 Å². The lowest BCUT2D eigenvalue weighted by atomic mass is 9.95. The van der Waals surface area contributed by atoms with Gasteiger partial charge in [0.25, 0.3) is 0 Å². The normalized spacial score (nSPS) is 19.0. The summed E-state index contributed by atoms with van der Waals surface area (Å²) in [5.74, 6) is 2.01. The highest BCUT2D eigenvalue weighted by molar-refractivity contribution is 5.63. The lowest BCUT2D eigenvalue weighted by Crippen LogP contribution is -1.98. The van der Waals surface area contributed by atoms with Crippen molar-refractivity contribution < 1.29 is 4.79 Å². The minimum atomic E-state index is 0.0442. The fourth-order valence-corrected chi connectivity index (χ4v) is 1.61. The SMILES string of the molecule is O=C=C1C=CC=CC1/C=C/c1ccccc1. The van der Waals surface area contributed by atoms with Crippen LogP contribution < -0.4 is 0 Å². The van der Waals surface area contributed by atoms with E-state index in [0.717, 1.165) is 5.56 Å². The van der Waals surface area contributed by atoms with E-state index in [1.807, 2.05) is 66.7 Å². The van der Waals surface area contributed by atoms with E-state index in [9.17, 15) is 4.79 Å². The van der Waals surface area contributed by atoms with Gasteiger partial charge in [-0.05, 0) is 11.6 Å². The molecule has 1 aromatic rings. The molecule has 1 aliphatic carbocycles. The third-order valence-electron chi connectivity index (χ3n) is 2.48. The first-order valence-electron chi connectivity index (χ1n) is 5.23. The van der Waals surface area contributed by atoms with E-state index in [4.69, 9.17) is 0 Å². The second-order valence-corrected chi connectivity index (χ2v) is 3.60. The number of rotatable bonds is 2. The molecule has 0 bridgehead atoms. The molecule has 0 N–H and O–H groups in total. The Labute approximate surface area is 95.1 Å². The van der Waals surface area contributed by atoms with Gasteiger partial charge in [0.1, 0.15) is 5.94 Å². The van der Waals surface area contributed by atoms with Gasteiger partial charge in [0.2, 0.25) is 0 Å². The third kappa shape index (κ3) is 2.47. The van der Waals surface area contributed by atoms with E-state index < -0.39 is 0 Å². The molecule has 1 unspecified atom stereocenters. The number of carbonyl (C=O) groups excluding carboxylic acids is 1. The lowest BCUT2D eigenvalue weighted by molar-refractivity contribution is 0.566. The summed E-state index contributed by atoms with van der Waals surface area (Å²) < 4.78 is 0. The van der Waals surface area contributed by atoms with Gasteiger partial charge in [0.15, 0.2) is 0 Å². The Morgan fingerprint density at radius 3 is 2.69 bits per heavy atom. The summed E-state index contributed by atoms with van der Waals surface area (Å²) in [6.45, 7) is 0. The standard InChI is InChI=1S/C15H12O/c16-12-15-9-5-4-8-14(15)11-10-13-6-2-1-3-7-13/h1-11,14H/b11-10+. The van der Waals surface area contributed by atoms with Crippen LogP contribution in [0.3, 0.4) is 0 Å². The number of hydrogen-bond acceptors (Lipinski definition) is 1. The number of allylic oxidation sites excluding steroid dienone is 6. The van der Waals surface area contributed by atoms with Crippen molar-refractivity contribution in [3.8, 4) is 0 Å². The van der Waals surface area contributed by atoms with E-state index in [2.05, 4.69) is 0 Å². The molecule has 16 heavy (non-hydrogen) atoms. The third-order valence-corrected chi connectivity index (χ3v) is 2.48. The predicted molar refractivity (Wildman–Crippen MR) is 66.5 cm³/mol. The second kappa shape index (κ2) is 5.11. The van der Waals surface area contributed by atoms with Gasteiger partial charge in [-0.2, -0.15) is 0 Å². The molecule has 0 fully saturated rings. The maximum Gasteiger partial charge on any atom is 0.128 e. The van der Waals surface area contributed by atoms with Crippen LogP contribution in [0.15, 0.2) is 66.3 Å². The van der Waals surface area contributed by atoms with Crippen LogP contribution in [-0.4, -0.2) is 5.94 Å². The summed E-state index contributed by atoms with van der Waals surface area (Å²) in [6.07, 6.45) is 11.6. The van der Waals surface area contributed by atoms with Crippen molar-refractivity contribution in [2.45, 2.75) is 0 Å². The lowest BCUT2D eigenvalue weighted by Gasteiger charge is -2.08. The Morgan fingerprint density at radius 2 is 1.94 bits per heavy atom. The van der Waals surface area contributed by atoms with E-state index in [-0.39, 0.29) is 5.92 Å². The summed E-state index contributed by atoms with van der Waals surface area (Å²) in [7, 11) is 0. The minimum Gasteiger partial charge on any atom is -0.233 e. The Balaban J connectivity index is 2.16. The molecule has 0 spiro atoms. The molecule has 0 aromatic heterocycles. The zero-order valence-corrected chi connectivity index (χ0v) is 8.84. The first kappa shape index (κ1) is 10.4. The van der Waals surface area contributed by atoms with Crippen LogP contribution in [-0.2, 0) is 4.79 Å². The molecule has 0 amide bonds. The molecule has 1 atom stereocenters. The van der Waals surface area contributed by atoms with Crippen LogP contribution in [0.1, 0.15) is 5.56 Å². The Bertz CT molecular complexity index is 485. The molecular weight excluding hydrogens is 196 g/mol. The maximum absolute atomic E-state index is 10.7. The van der Waals surface area contributed by atoms with Gasteiger partial charge < -0.3 is 0 Å². The minimum absolute atomic E-state index is 0.0442. The van der Waals surface area contributed by atoms with Crippen molar-refractivity contribution >= 4 is 12.0 Å². The molecule has 2 rings (SSSR count). The Morgan fingerprint density at radius 1 is 1.12 bits per heavy atom. The predicted octanol–water partition coefficient (Wildman–Crippen LogP) is 3.20. The molecule has 0 saturated heterocycles. The van der Waals surface area contributed by atoms with Gasteiger partial charge in [-0.15, -0.1) is 0 Å². The second-order valence-electron chi connectivity index (χ2n) is 3.60. The van der Waals surface area contributed by atoms with Crippen LogP contribution >= 0.6 is 0 Å². The van der Waals surface area contributed by atoms with Gasteiger partial charge >= 0.3 is 0 Å². The van der Waals surface area contributed by atoms with Crippen molar-refractivity contribution in [2.75, 3.05) is 0 Å². The molecule has 78 valence electrons. The summed E-state index contributed by atoms with van der Waals surface area (Å²) >= 11 is 0. The summed E-state index contributed by atoms with van der Waals surface area (Å²) in [5, 5.41) is 0. The highest BCUT2D eigenvalue weighted by Gasteiger charge is 2.07. The summed E-state index contributed by atoms with van der Waals surface area (Å²) in [5.41, 5.74) is 1.81. The summed E-state index contributed by atoms with van der Waals surface area (Å²) in [6, 6.07) is 10.0. The zero-order chi connectivity index (χ0) is 11.2. The highest BCUT2D eigenvalue weighted by atomic mass is 16.1. The van der Waals surface area contributed by atoms with E-state index in [1.165, 1.54) is 0 Å². The smallest absolute Gasteiger partial charge is 0.128 e. The van der Waals surface area contributed by atoms with E-state index >= 15 is 0 Å². The summed E-state index contributed by atoms with van der Waals surface area (Å²) in [4.78, 5) is 10.7. The first-order valence-corrected chi connectivity index (χ1v) is 5.23. The Hall–Kier alpha value is -2.11. The van der Waals surface area contributed by atoms with Crippen molar-refractivity contribution in [3.05, 3.63) is 71.8 Å². The monoisotopic (exact) mass is 208 g/mol. The first-order chi connectivity index (χ1) is 7.90. The molecule has 1 nitrogen and oxygen atoms in total. The fraction of sp³-hybridized carbons (Fsp3) is 0.0667. The molecular formula is C15H12O. The van der Waals surface area contributed by atoms with Crippen LogP contribution in [0.25, 0.3) is 6.08 Å². The van der Waals surface area contributed by atoms with Crippen LogP contribution in [0.4, 0.5) is 0 Å². The molecule has 1 heteroatoms. The van der Waals surface area contributed by atoms with E-state index in [1.54, 1.807) is 6.08 Å². The number of benzene rings is 1. The maximum atomic E-state index is 10.7. The topological polar surface area (TPSA) is 17.1 Å². The molecule has 0 heterocycles. The van der Waals surface area contributed by atoms with Crippen molar-refractivity contribution in [1.82, 2.24) is 0 Å². The van der Waals surface area contributed by atoms with E-state index in [0.29, 0.717) is 5.57 Å². The highest BCUT2D eigenvalue weighted by Crippen LogP contribution is 2.18. The van der Waals surface area contributed by atoms with Crippen molar-refractivity contribution in [1.29, 1.82) is 0 Å². The van der Waals surface area contributed by atoms with Crippen LogP contribution in [0.5, 0.6) is 0 Å². The zero-order valence-electron chi connectivity index (χ0n) is 8.84. The number of hydrogen-bond donors (Lipinski definition) is 0. The van der Waals surface area contributed by atoms with Gasteiger partial charge in [0, 0.05) is 11.5 Å². The van der Waals surface area contributed by atoms with Gasteiger partial charge in [0.05, 0.1) is 0 Å². The fourth-order valence-electron chi connectivity index (χ4n) is 1.61. The van der Waals surface area contributed by atoms with Crippen molar-refractivity contribution in [2.24, 2.45) is 5.92 Å². The largest absolute Gasteiger partial charge is 0.233 e. The van der Waals surface area contributed by atoms with Crippen LogP contribution in [0.2, 0.25) is 0 Å². The molecule has 1 aromatic carbocycles. The average Bonchev–Trinajstić information content (AvgIpc) is 2.38. The molecule has 0 saturated carbocycles. The van der Waals surface area contributed by atoms with Gasteiger partial charge in [-0.1, -0.05) is 60.7 Å². The molecule has 1 aliphatic rings. The van der Waals surface area contributed by atoms with Gasteiger partial charge in [-0.3, -0.25) is 0 Å². The molecule has 0 aliphatic heterocycles. The average molecular weight is 208 g/mol. The quantitative estimate of drug-likeness (QED) is 0.682. The van der Waals surface area contributed by atoms with Crippen LogP contribution in [0, 0.1) is 5.92 Å². The van der Waals surface area contributed by atoms with Gasteiger partial charge in [-0.25, -0.2) is 4.79 Å². The molecule has 0 radical (unpaired) electrons.